The van der Waals surface area contributed by atoms with Crippen LogP contribution in [0.2, 0.25) is 5.02 Å². The maximum absolute atomic E-state index is 6.56. The van der Waals surface area contributed by atoms with E-state index in [0.717, 1.165) is 33.5 Å². The largest absolute Gasteiger partial charge is 0.496 e. The Kier molecular flexibility index (Phi) is 3.62. The molecule has 0 heterocycles. The maximum atomic E-state index is 6.56. The van der Waals surface area contributed by atoms with Crippen molar-refractivity contribution in [3.8, 4) is 5.75 Å². The van der Waals surface area contributed by atoms with Gasteiger partial charge < -0.3 is 4.74 Å². The number of ether oxygens (including phenoxy) is 1. The van der Waals surface area contributed by atoms with Gasteiger partial charge in [0.25, 0.3) is 0 Å². The number of hydrogen-bond donors (Lipinski definition) is 0. The molecule has 1 nitrogen and oxygen atoms in total. The van der Waals surface area contributed by atoms with Crippen molar-refractivity contribution in [2.75, 3.05) is 7.11 Å². The Hall–Kier alpha value is -1.99. The summed E-state index contributed by atoms with van der Waals surface area (Å²) in [5.74, 6) is 0.871. The lowest BCUT2D eigenvalue weighted by atomic mass is 10.00. The third kappa shape index (κ3) is 2.37. The van der Waals surface area contributed by atoms with Gasteiger partial charge in [0.15, 0.2) is 0 Å². The molecular formula is C18H15ClO. The van der Waals surface area contributed by atoms with E-state index in [9.17, 15) is 0 Å². The lowest BCUT2D eigenvalue weighted by molar-refractivity contribution is 0.419. The van der Waals surface area contributed by atoms with Gasteiger partial charge in [-0.15, -0.1) is 0 Å². The van der Waals surface area contributed by atoms with Gasteiger partial charge in [-0.1, -0.05) is 66.2 Å². The predicted molar refractivity (Wildman–Crippen MR) is 84.8 cm³/mol. The molecule has 3 rings (SSSR count). The first-order valence-electron chi connectivity index (χ1n) is 6.57. The van der Waals surface area contributed by atoms with Crippen LogP contribution in [0.15, 0.2) is 60.7 Å². The Morgan fingerprint density at radius 1 is 0.900 bits per heavy atom. The van der Waals surface area contributed by atoms with Crippen molar-refractivity contribution in [3.05, 3.63) is 76.8 Å². The molecule has 0 fully saturated rings. The zero-order valence-corrected chi connectivity index (χ0v) is 12.0. The second kappa shape index (κ2) is 5.56. The summed E-state index contributed by atoms with van der Waals surface area (Å²) in [5.41, 5.74) is 2.33. The molecule has 3 aromatic rings. The van der Waals surface area contributed by atoms with Gasteiger partial charge in [0, 0.05) is 10.8 Å². The van der Waals surface area contributed by atoms with Crippen molar-refractivity contribution in [2.24, 2.45) is 0 Å². The molecule has 0 bridgehead atoms. The average Bonchev–Trinajstić information content (AvgIpc) is 2.51. The highest BCUT2D eigenvalue weighted by atomic mass is 35.5. The molecule has 2 heteroatoms. The Labute approximate surface area is 123 Å². The zero-order valence-electron chi connectivity index (χ0n) is 11.3. The highest BCUT2D eigenvalue weighted by Crippen LogP contribution is 2.35. The summed E-state index contributed by atoms with van der Waals surface area (Å²) in [6.45, 7) is 0. The second-order valence-corrected chi connectivity index (χ2v) is 5.14. The summed E-state index contributed by atoms with van der Waals surface area (Å²) in [5, 5.41) is 2.90. The van der Waals surface area contributed by atoms with Crippen molar-refractivity contribution in [2.45, 2.75) is 6.42 Å². The molecule has 3 aromatic carbocycles. The minimum atomic E-state index is 0.806. The van der Waals surface area contributed by atoms with Gasteiger partial charge in [0.2, 0.25) is 0 Å². The Morgan fingerprint density at radius 2 is 1.55 bits per heavy atom. The van der Waals surface area contributed by atoms with Gasteiger partial charge in [-0.2, -0.15) is 0 Å². The molecule has 20 heavy (non-hydrogen) atoms. The molecule has 0 radical (unpaired) electrons. The first kappa shape index (κ1) is 13.0. The van der Waals surface area contributed by atoms with Crippen LogP contribution >= 0.6 is 11.6 Å². The molecule has 0 saturated heterocycles. The summed E-state index contributed by atoms with van der Waals surface area (Å²) in [6.07, 6.45) is 0.806. The van der Waals surface area contributed by atoms with E-state index in [0.29, 0.717) is 0 Å². The summed E-state index contributed by atoms with van der Waals surface area (Å²) in [4.78, 5) is 0. The normalized spacial score (nSPS) is 10.7. The SMILES string of the molecule is COc1cc(Cc2ccccc2)c(Cl)c2ccccc12. The van der Waals surface area contributed by atoms with Crippen LogP contribution in [-0.2, 0) is 6.42 Å². The molecule has 0 spiro atoms. The number of rotatable bonds is 3. The molecule has 0 saturated carbocycles. The first-order valence-corrected chi connectivity index (χ1v) is 6.95. The molecule has 0 aliphatic heterocycles. The summed E-state index contributed by atoms with van der Waals surface area (Å²) < 4.78 is 5.50. The third-order valence-electron chi connectivity index (χ3n) is 3.47. The molecule has 0 atom stereocenters. The number of halogens is 1. The van der Waals surface area contributed by atoms with E-state index < -0.39 is 0 Å². The predicted octanol–water partition coefficient (Wildman–Crippen LogP) is 5.09. The highest BCUT2D eigenvalue weighted by Gasteiger charge is 2.11. The molecule has 0 aliphatic rings. The fourth-order valence-electron chi connectivity index (χ4n) is 2.48. The number of benzene rings is 3. The van der Waals surface area contributed by atoms with Crippen LogP contribution in [0.5, 0.6) is 5.75 Å². The van der Waals surface area contributed by atoms with Crippen molar-refractivity contribution < 1.29 is 4.74 Å². The van der Waals surface area contributed by atoms with Crippen molar-refractivity contribution >= 4 is 22.4 Å². The van der Waals surface area contributed by atoms with Crippen LogP contribution < -0.4 is 4.74 Å². The van der Waals surface area contributed by atoms with Gasteiger partial charge >= 0.3 is 0 Å². The van der Waals surface area contributed by atoms with E-state index in [2.05, 4.69) is 12.1 Å². The molecule has 0 aromatic heterocycles. The molecule has 0 amide bonds. The van der Waals surface area contributed by atoms with Crippen LogP contribution in [0.1, 0.15) is 11.1 Å². The second-order valence-electron chi connectivity index (χ2n) is 4.76. The highest BCUT2D eigenvalue weighted by molar-refractivity contribution is 6.36. The zero-order chi connectivity index (χ0) is 13.9. The van der Waals surface area contributed by atoms with Gasteiger partial charge in [-0.05, 0) is 23.6 Å². The fourth-order valence-corrected chi connectivity index (χ4v) is 2.76. The Bertz CT molecular complexity index is 735. The van der Waals surface area contributed by atoms with Crippen LogP contribution in [0.25, 0.3) is 10.8 Å². The quantitative estimate of drug-likeness (QED) is 0.650. The summed E-state index contributed by atoms with van der Waals surface area (Å²) >= 11 is 6.56. The number of methoxy groups -OCH3 is 1. The number of hydrogen-bond acceptors (Lipinski definition) is 1. The minimum Gasteiger partial charge on any atom is -0.496 e. The number of fused-ring (bicyclic) bond motifs is 1. The van der Waals surface area contributed by atoms with E-state index in [1.165, 1.54) is 5.56 Å². The van der Waals surface area contributed by atoms with E-state index in [4.69, 9.17) is 16.3 Å². The van der Waals surface area contributed by atoms with E-state index in [1.807, 2.05) is 48.5 Å². The Morgan fingerprint density at radius 3 is 2.25 bits per heavy atom. The molecule has 100 valence electrons. The van der Waals surface area contributed by atoms with Gasteiger partial charge in [0.05, 0.1) is 12.1 Å². The lowest BCUT2D eigenvalue weighted by Gasteiger charge is -2.12. The van der Waals surface area contributed by atoms with E-state index in [-0.39, 0.29) is 0 Å². The van der Waals surface area contributed by atoms with Crippen LogP contribution in [-0.4, -0.2) is 7.11 Å². The third-order valence-corrected chi connectivity index (χ3v) is 3.92. The topological polar surface area (TPSA) is 9.23 Å². The van der Waals surface area contributed by atoms with E-state index >= 15 is 0 Å². The molecule has 0 aliphatic carbocycles. The van der Waals surface area contributed by atoms with Crippen molar-refractivity contribution in [3.63, 3.8) is 0 Å². The van der Waals surface area contributed by atoms with Gasteiger partial charge in [-0.25, -0.2) is 0 Å². The average molecular weight is 283 g/mol. The van der Waals surface area contributed by atoms with Crippen LogP contribution in [0.4, 0.5) is 0 Å². The van der Waals surface area contributed by atoms with Crippen LogP contribution in [0, 0.1) is 0 Å². The van der Waals surface area contributed by atoms with Gasteiger partial charge in [0.1, 0.15) is 5.75 Å². The van der Waals surface area contributed by atoms with Crippen molar-refractivity contribution in [1.29, 1.82) is 0 Å². The summed E-state index contributed by atoms with van der Waals surface area (Å²) in [7, 11) is 1.70. The standard InChI is InChI=1S/C18H15ClO/c1-20-17-12-14(11-13-7-3-2-4-8-13)18(19)16-10-6-5-9-15(16)17/h2-10,12H,11H2,1H3. The van der Waals surface area contributed by atoms with Crippen molar-refractivity contribution in [1.82, 2.24) is 0 Å². The summed E-state index contributed by atoms with van der Waals surface area (Å²) in [6, 6.07) is 20.4. The lowest BCUT2D eigenvalue weighted by Crippen LogP contribution is -1.93. The molecule has 0 unspecified atom stereocenters. The first-order chi connectivity index (χ1) is 9.79. The maximum Gasteiger partial charge on any atom is 0.127 e. The monoisotopic (exact) mass is 282 g/mol. The fraction of sp³-hybridized carbons (Fsp3) is 0.111. The van der Waals surface area contributed by atoms with E-state index in [1.54, 1.807) is 7.11 Å². The molecular weight excluding hydrogens is 268 g/mol. The smallest absolute Gasteiger partial charge is 0.127 e. The van der Waals surface area contributed by atoms with Gasteiger partial charge in [-0.3, -0.25) is 0 Å². The minimum absolute atomic E-state index is 0.806. The Balaban J connectivity index is 2.14. The molecule has 0 N–H and O–H groups in total. The van der Waals surface area contributed by atoms with Crippen LogP contribution in [0.3, 0.4) is 0 Å².